The lowest BCUT2D eigenvalue weighted by Gasteiger charge is -2.18. The molecule has 9 heteroatoms. The van der Waals surface area contributed by atoms with Gasteiger partial charge in [-0.15, -0.1) is 0 Å². The van der Waals surface area contributed by atoms with E-state index in [0.29, 0.717) is 5.56 Å². The topological polar surface area (TPSA) is 76.5 Å². The number of nitrogen functional groups attached to an aromatic ring is 1. The molecule has 21 heavy (non-hydrogen) atoms. The van der Waals surface area contributed by atoms with Gasteiger partial charge in [-0.1, -0.05) is 11.6 Å². The molecule has 2 rings (SSSR count). The number of hydrogen-bond donors (Lipinski definition) is 1. The number of sulfonamides is 1. The highest BCUT2D eigenvalue weighted by Crippen LogP contribution is 2.35. The van der Waals surface area contributed by atoms with E-state index in [-0.39, 0.29) is 21.7 Å². The van der Waals surface area contributed by atoms with E-state index in [9.17, 15) is 12.8 Å². The molecule has 1 aromatic carbocycles. The van der Waals surface area contributed by atoms with Crippen LogP contribution in [0, 0.1) is 5.82 Å². The Bertz CT molecular complexity index is 765. The first-order chi connectivity index (χ1) is 9.75. The van der Waals surface area contributed by atoms with Crippen LogP contribution in [0.5, 0.6) is 0 Å². The summed E-state index contributed by atoms with van der Waals surface area (Å²) in [6, 6.07) is 2.64. The first-order valence-electron chi connectivity index (χ1n) is 5.65. The van der Waals surface area contributed by atoms with Gasteiger partial charge in [0.2, 0.25) is 10.0 Å². The zero-order valence-corrected chi connectivity index (χ0v) is 14.0. The van der Waals surface area contributed by atoms with Gasteiger partial charge in [0.15, 0.2) is 5.82 Å². The van der Waals surface area contributed by atoms with E-state index >= 15 is 0 Å². The first-order valence-corrected chi connectivity index (χ1v) is 8.26. The summed E-state index contributed by atoms with van der Waals surface area (Å²) in [5.41, 5.74) is 5.80. The zero-order valence-electron chi connectivity index (χ0n) is 10.8. The third-order valence-corrected chi connectivity index (χ3v) is 6.01. The van der Waals surface area contributed by atoms with E-state index in [4.69, 9.17) is 21.8 Å². The SMILES string of the molecule is CN(Cc1ccoc1)S(=O)(=O)c1cc(Cl)c(Br)c(N)c1F. The van der Waals surface area contributed by atoms with E-state index < -0.39 is 20.7 Å². The number of anilines is 1. The van der Waals surface area contributed by atoms with Crippen LogP contribution in [0.25, 0.3) is 0 Å². The first kappa shape index (κ1) is 16.3. The minimum absolute atomic E-state index is 0.0178. The van der Waals surface area contributed by atoms with Crippen molar-refractivity contribution in [3.63, 3.8) is 0 Å². The number of furan rings is 1. The summed E-state index contributed by atoms with van der Waals surface area (Å²) < 4.78 is 45.0. The average Bonchev–Trinajstić information content (AvgIpc) is 2.93. The van der Waals surface area contributed by atoms with Gasteiger partial charge in [0, 0.05) is 19.2 Å². The lowest BCUT2D eigenvalue weighted by molar-refractivity contribution is 0.457. The van der Waals surface area contributed by atoms with Crippen molar-refractivity contribution in [1.82, 2.24) is 4.31 Å². The maximum atomic E-state index is 14.1. The van der Waals surface area contributed by atoms with Crippen molar-refractivity contribution in [2.24, 2.45) is 0 Å². The molecule has 0 atom stereocenters. The van der Waals surface area contributed by atoms with Gasteiger partial charge in [-0.25, -0.2) is 12.8 Å². The van der Waals surface area contributed by atoms with Crippen molar-refractivity contribution >= 4 is 43.2 Å². The Hall–Kier alpha value is -1.09. The van der Waals surface area contributed by atoms with E-state index in [1.807, 2.05) is 0 Å². The van der Waals surface area contributed by atoms with Crippen molar-refractivity contribution in [1.29, 1.82) is 0 Å². The normalized spacial score (nSPS) is 12.0. The van der Waals surface area contributed by atoms with Gasteiger partial charge in [-0.05, 0) is 28.1 Å². The van der Waals surface area contributed by atoms with Crippen LogP contribution in [0.15, 0.2) is 38.4 Å². The molecular formula is C12H11BrClFN2O3S. The van der Waals surface area contributed by atoms with Crippen LogP contribution in [0.3, 0.4) is 0 Å². The Labute approximate surface area is 134 Å². The minimum atomic E-state index is -4.08. The summed E-state index contributed by atoms with van der Waals surface area (Å²) in [6.07, 6.45) is 2.83. The maximum absolute atomic E-state index is 14.1. The van der Waals surface area contributed by atoms with E-state index in [0.717, 1.165) is 10.4 Å². The standard InChI is InChI=1S/C12H11BrClFN2O3S/c1-17(5-7-2-3-20-6-7)21(18,19)9-4-8(14)10(13)12(16)11(9)15/h2-4,6H,5,16H2,1H3. The zero-order chi connectivity index (χ0) is 15.8. The van der Waals surface area contributed by atoms with Crippen LogP contribution in [0.4, 0.5) is 10.1 Å². The number of benzene rings is 1. The number of nitrogens with zero attached hydrogens (tertiary/aromatic N) is 1. The summed E-state index contributed by atoms with van der Waals surface area (Å²) in [5, 5.41) is 0.0178. The number of halogens is 3. The van der Waals surface area contributed by atoms with Crippen molar-refractivity contribution < 1.29 is 17.2 Å². The Morgan fingerprint density at radius 2 is 2.19 bits per heavy atom. The molecule has 0 saturated carbocycles. The molecule has 0 saturated heterocycles. The Balaban J connectivity index is 2.44. The average molecular weight is 398 g/mol. The monoisotopic (exact) mass is 396 g/mol. The Morgan fingerprint density at radius 3 is 2.76 bits per heavy atom. The second-order valence-corrected chi connectivity index (χ2v) is 7.50. The van der Waals surface area contributed by atoms with Gasteiger partial charge in [-0.2, -0.15) is 4.31 Å². The van der Waals surface area contributed by atoms with E-state index in [1.54, 1.807) is 6.07 Å². The van der Waals surface area contributed by atoms with Crippen LogP contribution in [-0.4, -0.2) is 19.8 Å². The van der Waals surface area contributed by atoms with Crippen LogP contribution in [-0.2, 0) is 16.6 Å². The molecule has 0 aliphatic rings. The van der Waals surface area contributed by atoms with Crippen LogP contribution in [0.1, 0.15) is 5.56 Å². The van der Waals surface area contributed by atoms with Crippen LogP contribution >= 0.6 is 27.5 Å². The van der Waals surface area contributed by atoms with Gasteiger partial charge in [-0.3, -0.25) is 0 Å². The second kappa shape index (κ2) is 5.96. The summed E-state index contributed by atoms with van der Waals surface area (Å²) >= 11 is 8.85. The molecule has 0 unspecified atom stereocenters. The Morgan fingerprint density at radius 1 is 1.52 bits per heavy atom. The summed E-state index contributed by atoms with van der Waals surface area (Å²) in [7, 11) is -2.75. The van der Waals surface area contributed by atoms with Gasteiger partial charge < -0.3 is 10.2 Å². The molecule has 114 valence electrons. The van der Waals surface area contributed by atoms with Gasteiger partial charge in [0.25, 0.3) is 0 Å². The Kier molecular flexibility index (Phi) is 4.62. The van der Waals surface area contributed by atoms with Crippen LogP contribution in [0.2, 0.25) is 5.02 Å². The highest BCUT2D eigenvalue weighted by molar-refractivity contribution is 9.10. The molecule has 0 bridgehead atoms. The molecule has 0 amide bonds. The smallest absolute Gasteiger partial charge is 0.246 e. The van der Waals surface area contributed by atoms with Crippen molar-refractivity contribution in [3.8, 4) is 0 Å². The lowest BCUT2D eigenvalue weighted by Crippen LogP contribution is -2.27. The molecular weight excluding hydrogens is 387 g/mol. The third kappa shape index (κ3) is 3.08. The van der Waals surface area contributed by atoms with Gasteiger partial charge in [0.05, 0.1) is 27.7 Å². The maximum Gasteiger partial charge on any atom is 0.246 e. The number of rotatable bonds is 4. The van der Waals surface area contributed by atoms with Gasteiger partial charge in [0.1, 0.15) is 4.90 Å². The highest BCUT2D eigenvalue weighted by Gasteiger charge is 2.28. The largest absolute Gasteiger partial charge is 0.472 e. The van der Waals surface area contributed by atoms with E-state index in [2.05, 4.69) is 15.9 Å². The minimum Gasteiger partial charge on any atom is -0.472 e. The summed E-state index contributed by atoms with van der Waals surface area (Å²) in [6.45, 7) is 0.0336. The molecule has 0 fully saturated rings. The molecule has 1 aromatic heterocycles. The fourth-order valence-electron chi connectivity index (χ4n) is 1.68. The fraction of sp³-hybridized carbons (Fsp3) is 0.167. The summed E-state index contributed by atoms with van der Waals surface area (Å²) in [5.74, 6) is -1.04. The highest BCUT2D eigenvalue weighted by atomic mass is 79.9. The summed E-state index contributed by atoms with van der Waals surface area (Å²) in [4.78, 5) is -0.570. The molecule has 0 radical (unpaired) electrons. The number of hydrogen-bond acceptors (Lipinski definition) is 4. The van der Waals surface area contributed by atoms with Crippen LogP contribution < -0.4 is 5.73 Å². The molecule has 1 heterocycles. The number of nitrogens with two attached hydrogens (primary N) is 1. The second-order valence-electron chi connectivity index (χ2n) is 4.29. The molecule has 5 nitrogen and oxygen atoms in total. The lowest BCUT2D eigenvalue weighted by atomic mass is 10.3. The van der Waals surface area contributed by atoms with Crippen molar-refractivity contribution in [2.45, 2.75) is 11.4 Å². The predicted octanol–water partition coefficient (Wildman–Crippen LogP) is 3.24. The third-order valence-electron chi connectivity index (χ3n) is 2.83. The van der Waals surface area contributed by atoms with Crippen molar-refractivity contribution in [2.75, 3.05) is 12.8 Å². The molecule has 2 N–H and O–H groups in total. The molecule has 0 aliphatic carbocycles. The predicted molar refractivity (Wildman–Crippen MR) is 80.9 cm³/mol. The fourth-order valence-corrected chi connectivity index (χ4v) is 3.50. The van der Waals surface area contributed by atoms with Crippen molar-refractivity contribution in [3.05, 3.63) is 45.5 Å². The molecule has 2 aromatic rings. The molecule has 0 spiro atoms. The van der Waals surface area contributed by atoms with Gasteiger partial charge >= 0.3 is 0 Å². The molecule has 0 aliphatic heterocycles. The van der Waals surface area contributed by atoms with E-state index in [1.165, 1.54) is 19.6 Å². The quantitative estimate of drug-likeness (QED) is 0.635.